The summed E-state index contributed by atoms with van der Waals surface area (Å²) in [5.41, 5.74) is 1.76. The summed E-state index contributed by atoms with van der Waals surface area (Å²) in [6.45, 7) is 2.81. The number of rotatable bonds is 6. The maximum atomic E-state index is 12.0. The number of hydrogen-bond donors (Lipinski definition) is 1. The number of amides is 1. The number of nitrogens with one attached hydrogen (secondary N) is 1. The molecule has 0 saturated heterocycles. The highest BCUT2D eigenvalue weighted by atomic mass is 16.6. The number of ether oxygens (including phenoxy) is 1. The number of esters is 1. The summed E-state index contributed by atoms with van der Waals surface area (Å²) in [6.07, 6.45) is 0.639. The molecule has 0 aliphatic heterocycles. The van der Waals surface area contributed by atoms with Gasteiger partial charge in [0.05, 0.1) is 10.5 Å². The maximum absolute atomic E-state index is 12.0. The van der Waals surface area contributed by atoms with Crippen LogP contribution in [0.2, 0.25) is 0 Å². The molecule has 0 aliphatic rings. The highest BCUT2D eigenvalue weighted by molar-refractivity contribution is 5.97. The zero-order valence-electron chi connectivity index (χ0n) is 14.1. The van der Waals surface area contributed by atoms with E-state index in [4.69, 9.17) is 4.74 Å². The van der Waals surface area contributed by atoms with Gasteiger partial charge in [-0.1, -0.05) is 18.2 Å². The first-order chi connectivity index (χ1) is 12.3. The van der Waals surface area contributed by atoms with E-state index in [-0.39, 0.29) is 16.9 Å². The first-order valence-corrected chi connectivity index (χ1v) is 7.60. The average molecular weight is 356 g/mol. The summed E-state index contributed by atoms with van der Waals surface area (Å²) in [4.78, 5) is 45.0. The van der Waals surface area contributed by atoms with Gasteiger partial charge in [-0.2, -0.15) is 0 Å². The van der Waals surface area contributed by atoms with Crippen LogP contribution in [0.15, 0.2) is 36.4 Å². The van der Waals surface area contributed by atoms with Crippen molar-refractivity contribution >= 4 is 29.5 Å². The van der Waals surface area contributed by atoms with Gasteiger partial charge in [0, 0.05) is 11.6 Å². The summed E-state index contributed by atoms with van der Waals surface area (Å²) in [5, 5.41) is 13.5. The molecule has 0 atom stereocenters. The molecule has 0 spiro atoms. The van der Waals surface area contributed by atoms with E-state index in [0.717, 1.165) is 5.56 Å². The predicted octanol–water partition coefficient (Wildman–Crippen LogP) is 2.82. The molecule has 1 N–H and O–H groups in total. The van der Waals surface area contributed by atoms with Crippen molar-refractivity contribution in [3.05, 3.63) is 68.8 Å². The number of nitrogens with zero attached hydrogens (tertiary/aromatic N) is 1. The average Bonchev–Trinajstić information content (AvgIpc) is 2.63. The number of anilines is 1. The first-order valence-electron chi connectivity index (χ1n) is 7.60. The minimum atomic E-state index is -0.743. The number of nitro groups is 1. The molecule has 0 unspecified atom stereocenters. The predicted molar refractivity (Wildman–Crippen MR) is 93.3 cm³/mol. The Balaban J connectivity index is 2.05. The third kappa shape index (κ3) is 4.29. The largest absolute Gasteiger partial charge is 0.452 e. The quantitative estimate of drug-likeness (QED) is 0.368. The van der Waals surface area contributed by atoms with E-state index in [1.54, 1.807) is 19.9 Å². The molecule has 0 aromatic heterocycles. The number of nitro benzene ring substituents is 1. The highest BCUT2D eigenvalue weighted by Gasteiger charge is 2.20. The highest BCUT2D eigenvalue weighted by Crippen LogP contribution is 2.30. The normalized spacial score (nSPS) is 10.1. The lowest BCUT2D eigenvalue weighted by Gasteiger charge is -2.11. The van der Waals surface area contributed by atoms with Crippen molar-refractivity contribution in [1.29, 1.82) is 0 Å². The van der Waals surface area contributed by atoms with Crippen LogP contribution >= 0.6 is 0 Å². The molecular weight excluding hydrogens is 340 g/mol. The van der Waals surface area contributed by atoms with Gasteiger partial charge in [-0.05, 0) is 37.1 Å². The topological polar surface area (TPSA) is 116 Å². The number of carbonyl (C=O) groups is 3. The van der Waals surface area contributed by atoms with E-state index in [9.17, 15) is 24.5 Å². The maximum Gasteiger partial charge on any atom is 0.338 e. The fourth-order valence-electron chi connectivity index (χ4n) is 2.20. The molecule has 0 fully saturated rings. The number of carbonyl (C=O) groups excluding carboxylic acids is 3. The van der Waals surface area contributed by atoms with Crippen LogP contribution in [0.25, 0.3) is 0 Å². The molecule has 0 saturated carbocycles. The SMILES string of the molecule is Cc1ccc([N+](=O)[O-])c(NC(=O)COC(=O)c2ccc(C=O)cc2)c1C. The Morgan fingerprint density at radius 2 is 1.81 bits per heavy atom. The van der Waals surface area contributed by atoms with Gasteiger partial charge in [0.1, 0.15) is 12.0 Å². The number of aryl methyl sites for hydroxylation is 1. The van der Waals surface area contributed by atoms with Gasteiger partial charge in [-0.15, -0.1) is 0 Å². The molecule has 2 aromatic carbocycles. The third-order valence-corrected chi connectivity index (χ3v) is 3.79. The fourth-order valence-corrected chi connectivity index (χ4v) is 2.20. The van der Waals surface area contributed by atoms with E-state index < -0.39 is 23.4 Å². The molecule has 0 bridgehead atoms. The summed E-state index contributed by atoms with van der Waals surface area (Å²) in [5.74, 6) is -1.44. The van der Waals surface area contributed by atoms with Crippen LogP contribution in [-0.4, -0.2) is 29.7 Å². The second-order valence-electron chi connectivity index (χ2n) is 5.52. The van der Waals surface area contributed by atoms with Crippen molar-refractivity contribution < 1.29 is 24.0 Å². The van der Waals surface area contributed by atoms with E-state index in [0.29, 0.717) is 17.4 Å². The Bertz CT molecular complexity index is 874. The molecule has 8 nitrogen and oxygen atoms in total. The van der Waals surface area contributed by atoms with Crippen LogP contribution < -0.4 is 5.32 Å². The van der Waals surface area contributed by atoms with Crippen LogP contribution in [-0.2, 0) is 9.53 Å². The Labute approximate surface area is 148 Å². The van der Waals surface area contributed by atoms with E-state index in [1.165, 1.54) is 30.3 Å². The van der Waals surface area contributed by atoms with Crippen LogP contribution in [0, 0.1) is 24.0 Å². The molecular formula is C18H16N2O6. The molecule has 8 heteroatoms. The molecule has 2 aromatic rings. The minimum Gasteiger partial charge on any atom is -0.452 e. The zero-order chi connectivity index (χ0) is 19.3. The van der Waals surface area contributed by atoms with Gasteiger partial charge in [0.25, 0.3) is 11.6 Å². The lowest BCUT2D eigenvalue weighted by atomic mass is 10.1. The summed E-state index contributed by atoms with van der Waals surface area (Å²) in [6, 6.07) is 8.59. The first kappa shape index (κ1) is 18.8. The van der Waals surface area contributed by atoms with Crippen molar-refractivity contribution in [2.75, 3.05) is 11.9 Å². The second kappa shape index (κ2) is 8.02. The molecule has 0 radical (unpaired) electrons. The van der Waals surface area contributed by atoms with Gasteiger partial charge < -0.3 is 10.1 Å². The molecule has 1 amide bonds. The Hall–Kier alpha value is -3.55. The number of benzene rings is 2. The fraction of sp³-hybridized carbons (Fsp3) is 0.167. The van der Waals surface area contributed by atoms with Crippen LogP contribution in [0.1, 0.15) is 31.8 Å². The van der Waals surface area contributed by atoms with E-state index >= 15 is 0 Å². The molecule has 2 rings (SSSR count). The Kier molecular flexibility index (Phi) is 5.79. The second-order valence-corrected chi connectivity index (χ2v) is 5.52. The summed E-state index contributed by atoms with van der Waals surface area (Å²) >= 11 is 0. The number of hydrogen-bond acceptors (Lipinski definition) is 6. The van der Waals surface area contributed by atoms with Crippen molar-refractivity contribution in [1.82, 2.24) is 0 Å². The molecule has 134 valence electrons. The zero-order valence-corrected chi connectivity index (χ0v) is 14.1. The summed E-state index contributed by atoms with van der Waals surface area (Å²) in [7, 11) is 0. The molecule has 0 heterocycles. The van der Waals surface area contributed by atoms with Crippen LogP contribution in [0.4, 0.5) is 11.4 Å². The van der Waals surface area contributed by atoms with Crippen LogP contribution in [0.3, 0.4) is 0 Å². The Morgan fingerprint density at radius 3 is 2.38 bits per heavy atom. The Morgan fingerprint density at radius 1 is 1.15 bits per heavy atom. The van der Waals surface area contributed by atoms with E-state index in [2.05, 4.69) is 5.32 Å². The van der Waals surface area contributed by atoms with Gasteiger partial charge in [-0.25, -0.2) is 4.79 Å². The van der Waals surface area contributed by atoms with Crippen molar-refractivity contribution in [3.63, 3.8) is 0 Å². The van der Waals surface area contributed by atoms with Crippen molar-refractivity contribution in [2.45, 2.75) is 13.8 Å². The lowest BCUT2D eigenvalue weighted by Crippen LogP contribution is -2.22. The van der Waals surface area contributed by atoms with Crippen molar-refractivity contribution in [3.8, 4) is 0 Å². The van der Waals surface area contributed by atoms with E-state index in [1.807, 2.05) is 0 Å². The van der Waals surface area contributed by atoms with Gasteiger partial charge in [0.2, 0.25) is 0 Å². The standard InChI is InChI=1S/C18H16N2O6/c1-11-3-8-15(20(24)25)17(12(11)2)19-16(22)10-26-18(23)14-6-4-13(9-21)5-7-14/h3-9H,10H2,1-2H3,(H,19,22). The van der Waals surface area contributed by atoms with Gasteiger partial charge in [-0.3, -0.25) is 19.7 Å². The minimum absolute atomic E-state index is 0.0754. The van der Waals surface area contributed by atoms with Gasteiger partial charge in [0.15, 0.2) is 6.61 Å². The summed E-state index contributed by atoms with van der Waals surface area (Å²) < 4.78 is 4.90. The van der Waals surface area contributed by atoms with Crippen LogP contribution in [0.5, 0.6) is 0 Å². The molecule has 0 aliphatic carbocycles. The monoisotopic (exact) mass is 356 g/mol. The molecule has 26 heavy (non-hydrogen) atoms. The van der Waals surface area contributed by atoms with Gasteiger partial charge >= 0.3 is 5.97 Å². The lowest BCUT2D eigenvalue weighted by molar-refractivity contribution is -0.384. The smallest absolute Gasteiger partial charge is 0.338 e. The van der Waals surface area contributed by atoms with Crippen molar-refractivity contribution in [2.24, 2.45) is 0 Å². The third-order valence-electron chi connectivity index (χ3n) is 3.79. The number of aldehydes is 1.